The van der Waals surface area contributed by atoms with Gasteiger partial charge in [0.05, 0.1) is 6.54 Å². The van der Waals surface area contributed by atoms with E-state index >= 15 is 0 Å². The first-order chi connectivity index (χ1) is 12.2. The number of ether oxygens (including phenoxy) is 1. The molecule has 1 aromatic rings. The first kappa shape index (κ1) is 18.5. The van der Waals surface area contributed by atoms with Gasteiger partial charge in [-0.25, -0.2) is 18.6 Å². The van der Waals surface area contributed by atoms with E-state index < -0.39 is 17.2 Å². The van der Waals surface area contributed by atoms with Crippen LogP contribution in [0.1, 0.15) is 39.2 Å². The number of carbonyl (C=O) groups is 1. The van der Waals surface area contributed by atoms with E-state index in [0.29, 0.717) is 31.0 Å². The van der Waals surface area contributed by atoms with Crippen LogP contribution in [-0.4, -0.2) is 47.8 Å². The van der Waals surface area contributed by atoms with E-state index in [1.807, 2.05) is 20.8 Å². The molecule has 0 unspecified atom stereocenters. The van der Waals surface area contributed by atoms with E-state index in [2.05, 4.69) is 9.98 Å². The average molecular weight is 363 g/mol. The van der Waals surface area contributed by atoms with Crippen LogP contribution in [0.15, 0.2) is 28.2 Å². The van der Waals surface area contributed by atoms with Gasteiger partial charge in [-0.2, -0.15) is 0 Å². The van der Waals surface area contributed by atoms with Crippen molar-refractivity contribution in [1.29, 1.82) is 0 Å². The van der Waals surface area contributed by atoms with Gasteiger partial charge in [-0.3, -0.25) is 4.99 Å². The third-order valence-electron chi connectivity index (χ3n) is 4.38. The maximum absolute atomic E-state index is 13.4. The fourth-order valence-corrected chi connectivity index (χ4v) is 3.14. The van der Waals surface area contributed by atoms with Crippen molar-refractivity contribution in [3.8, 4) is 0 Å². The number of nitrogens with zero attached hydrogens (tertiary/aromatic N) is 3. The molecule has 1 aromatic carbocycles. The predicted molar refractivity (Wildman–Crippen MR) is 95.7 cm³/mol. The lowest BCUT2D eigenvalue weighted by molar-refractivity contribution is 0.0201. The summed E-state index contributed by atoms with van der Waals surface area (Å²) in [6, 6.07) is 3.30. The molecule has 140 valence electrons. The van der Waals surface area contributed by atoms with Crippen molar-refractivity contribution in [2.75, 3.05) is 19.6 Å². The molecule has 1 saturated heterocycles. The Labute approximate surface area is 151 Å². The molecule has 0 aromatic heterocycles. The molecule has 3 rings (SSSR count). The molecule has 2 heterocycles. The Kier molecular flexibility index (Phi) is 5.07. The van der Waals surface area contributed by atoms with Gasteiger partial charge in [-0.05, 0) is 45.7 Å². The number of likely N-dealkylation sites (tertiary alicyclic amines) is 1. The Morgan fingerprint density at radius 2 is 1.77 bits per heavy atom. The van der Waals surface area contributed by atoms with Crippen LogP contribution in [0.25, 0.3) is 0 Å². The topological polar surface area (TPSA) is 54.3 Å². The van der Waals surface area contributed by atoms with Crippen molar-refractivity contribution in [1.82, 2.24) is 4.90 Å². The fraction of sp³-hybridized carbons (Fsp3) is 0.526. The fourth-order valence-electron chi connectivity index (χ4n) is 3.14. The number of rotatable bonds is 2. The quantitative estimate of drug-likeness (QED) is 0.802. The molecule has 5 nitrogen and oxygen atoms in total. The molecular weight excluding hydrogens is 340 g/mol. The minimum Gasteiger partial charge on any atom is -0.444 e. The van der Waals surface area contributed by atoms with Gasteiger partial charge in [-0.1, -0.05) is 0 Å². The molecule has 0 radical (unpaired) electrons. The zero-order valence-electron chi connectivity index (χ0n) is 15.3. The molecule has 0 bridgehead atoms. The molecule has 2 aliphatic heterocycles. The van der Waals surface area contributed by atoms with Crippen molar-refractivity contribution in [2.24, 2.45) is 15.9 Å². The summed E-state index contributed by atoms with van der Waals surface area (Å²) >= 11 is 0. The molecule has 0 N–H and O–H groups in total. The van der Waals surface area contributed by atoms with Crippen molar-refractivity contribution in [3.05, 3.63) is 35.4 Å². The van der Waals surface area contributed by atoms with Crippen LogP contribution in [0.2, 0.25) is 0 Å². The number of piperidine rings is 1. The van der Waals surface area contributed by atoms with E-state index in [9.17, 15) is 13.6 Å². The number of aliphatic imine (C=N–C) groups is 2. The normalized spacial score (nSPS) is 18.6. The number of carbonyl (C=O) groups excluding carboxylic acids is 1. The van der Waals surface area contributed by atoms with Crippen LogP contribution in [0.5, 0.6) is 0 Å². The van der Waals surface area contributed by atoms with Crippen LogP contribution in [0, 0.1) is 17.6 Å². The summed E-state index contributed by atoms with van der Waals surface area (Å²) in [6.07, 6.45) is 1.26. The summed E-state index contributed by atoms with van der Waals surface area (Å²) in [6.45, 7) is 7.17. The smallest absolute Gasteiger partial charge is 0.410 e. The highest BCUT2D eigenvalue weighted by atomic mass is 19.1. The minimum atomic E-state index is -0.642. The highest BCUT2D eigenvalue weighted by Gasteiger charge is 2.30. The Morgan fingerprint density at radius 3 is 2.35 bits per heavy atom. The van der Waals surface area contributed by atoms with Crippen LogP contribution in [-0.2, 0) is 4.74 Å². The Hall–Kier alpha value is -2.31. The van der Waals surface area contributed by atoms with E-state index in [4.69, 9.17) is 4.74 Å². The van der Waals surface area contributed by atoms with E-state index in [0.717, 1.165) is 24.6 Å². The second-order valence-corrected chi connectivity index (χ2v) is 7.64. The number of benzene rings is 1. The van der Waals surface area contributed by atoms with Crippen molar-refractivity contribution in [3.63, 3.8) is 0 Å². The summed E-state index contributed by atoms with van der Waals surface area (Å²) in [4.78, 5) is 22.6. The third-order valence-corrected chi connectivity index (χ3v) is 4.38. The van der Waals surface area contributed by atoms with Crippen molar-refractivity contribution in [2.45, 2.75) is 39.2 Å². The average Bonchev–Trinajstić information content (AvgIpc) is 3.02. The van der Waals surface area contributed by atoms with E-state index in [1.54, 1.807) is 4.90 Å². The molecule has 0 aliphatic carbocycles. The summed E-state index contributed by atoms with van der Waals surface area (Å²) in [5.74, 6) is -0.699. The molecule has 0 atom stereocenters. The zero-order chi connectivity index (χ0) is 18.9. The Bertz CT molecular complexity index is 740. The number of hydrogen-bond donors (Lipinski definition) is 0. The third kappa shape index (κ3) is 4.45. The lowest BCUT2D eigenvalue weighted by Gasteiger charge is -2.33. The summed E-state index contributed by atoms with van der Waals surface area (Å²) < 4.78 is 32.2. The molecule has 0 saturated carbocycles. The maximum Gasteiger partial charge on any atom is 0.410 e. The second kappa shape index (κ2) is 7.13. The standard InChI is InChI=1S/C19H23F2N3O2/c1-19(2,3)26-18(25)24-6-4-12(5-7-24)16-11-22-17(23-16)13-8-14(20)10-15(21)9-13/h8-10,12H,4-7,11H2,1-3H3. The van der Waals surface area contributed by atoms with Gasteiger partial charge >= 0.3 is 6.09 Å². The largest absolute Gasteiger partial charge is 0.444 e. The van der Waals surface area contributed by atoms with Crippen LogP contribution in [0.3, 0.4) is 0 Å². The van der Waals surface area contributed by atoms with E-state index in [1.165, 1.54) is 12.1 Å². The zero-order valence-corrected chi connectivity index (χ0v) is 15.3. The van der Waals surface area contributed by atoms with Gasteiger partial charge in [0.2, 0.25) is 0 Å². The van der Waals surface area contributed by atoms with Gasteiger partial charge in [0.25, 0.3) is 0 Å². The Morgan fingerprint density at radius 1 is 1.15 bits per heavy atom. The van der Waals surface area contributed by atoms with Crippen molar-refractivity contribution >= 4 is 17.6 Å². The van der Waals surface area contributed by atoms with Gasteiger partial charge < -0.3 is 9.64 Å². The van der Waals surface area contributed by atoms with E-state index in [-0.39, 0.29) is 12.0 Å². The van der Waals surface area contributed by atoms with Crippen LogP contribution in [0.4, 0.5) is 13.6 Å². The molecule has 7 heteroatoms. The molecule has 1 amide bonds. The maximum atomic E-state index is 13.4. The summed E-state index contributed by atoms with van der Waals surface area (Å²) in [5.41, 5.74) is 0.754. The highest BCUT2D eigenvalue weighted by Crippen LogP contribution is 2.24. The number of amides is 1. The van der Waals surface area contributed by atoms with Gasteiger partial charge in [0.1, 0.15) is 17.2 Å². The predicted octanol–water partition coefficient (Wildman–Crippen LogP) is 3.81. The first-order valence-corrected chi connectivity index (χ1v) is 8.77. The van der Waals surface area contributed by atoms with Gasteiger partial charge in [-0.15, -0.1) is 0 Å². The van der Waals surface area contributed by atoms with Gasteiger partial charge in [0.15, 0.2) is 5.84 Å². The molecular formula is C19H23F2N3O2. The SMILES string of the molecule is CC(C)(C)OC(=O)N1CCC(C2=NC(c3cc(F)cc(F)c3)=NC2)CC1. The van der Waals surface area contributed by atoms with Crippen molar-refractivity contribution < 1.29 is 18.3 Å². The number of amidine groups is 1. The minimum absolute atomic E-state index is 0.216. The number of halogens is 2. The van der Waals surface area contributed by atoms with Crippen LogP contribution < -0.4 is 0 Å². The summed E-state index contributed by atoms with van der Waals surface area (Å²) in [5, 5.41) is 0. The van der Waals surface area contributed by atoms with Crippen LogP contribution >= 0.6 is 0 Å². The first-order valence-electron chi connectivity index (χ1n) is 8.77. The summed E-state index contributed by atoms with van der Waals surface area (Å²) in [7, 11) is 0. The lowest BCUT2D eigenvalue weighted by atomic mass is 9.92. The molecule has 0 spiro atoms. The number of hydrogen-bond acceptors (Lipinski definition) is 4. The van der Waals surface area contributed by atoms with Gasteiger partial charge in [0, 0.05) is 36.3 Å². The molecule has 26 heavy (non-hydrogen) atoms. The monoisotopic (exact) mass is 363 g/mol. The molecule has 2 aliphatic rings. The molecule has 1 fully saturated rings. The lowest BCUT2D eigenvalue weighted by Crippen LogP contribution is -2.43. The second-order valence-electron chi connectivity index (χ2n) is 7.64. The Balaban J connectivity index is 1.60. The highest BCUT2D eigenvalue weighted by molar-refractivity contribution is 6.12.